The van der Waals surface area contributed by atoms with Crippen LogP contribution in [0.1, 0.15) is 38.1 Å². The minimum Gasteiger partial charge on any atom is -0.465 e. The van der Waals surface area contributed by atoms with Crippen LogP contribution in [0.5, 0.6) is 0 Å². The number of benzene rings is 2. The van der Waals surface area contributed by atoms with E-state index in [4.69, 9.17) is 21.7 Å². The summed E-state index contributed by atoms with van der Waals surface area (Å²) in [7, 11) is 1.33. The fourth-order valence-corrected chi connectivity index (χ4v) is 4.25. The Labute approximate surface area is 190 Å². The van der Waals surface area contributed by atoms with Crippen LogP contribution in [0.3, 0.4) is 0 Å². The van der Waals surface area contributed by atoms with Crippen LogP contribution in [-0.2, 0) is 15.9 Å². The number of nitrogens with one attached hydrogen (secondary N) is 2. The molecule has 8 heteroatoms. The van der Waals surface area contributed by atoms with Crippen LogP contribution < -0.4 is 10.6 Å². The second-order valence-electron chi connectivity index (χ2n) is 6.49. The third-order valence-electron chi connectivity index (χ3n) is 4.27. The van der Waals surface area contributed by atoms with Crippen molar-refractivity contribution in [3.05, 3.63) is 82.2 Å². The van der Waals surface area contributed by atoms with Gasteiger partial charge in [0.2, 0.25) is 0 Å². The summed E-state index contributed by atoms with van der Waals surface area (Å²) in [6.07, 6.45) is 0.695. The molecule has 3 rings (SSSR count). The van der Waals surface area contributed by atoms with Crippen molar-refractivity contribution in [2.24, 2.45) is 0 Å². The van der Waals surface area contributed by atoms with Crippen molar-refractivity contribution >= 4 is 51.3 Å². The molecule has 0 amide bonds. The number of carbonyl (C=O) groups is 2. The van der Waals surface area contributed by atoms with Crippen LogP contribution in [0.2, 0.25) is 0 Å². The van der Waals surface area contributed by atoms with Crippen molar-refractivity contribution in [2.45, 2.75) is 13.3 Å². The van der Waals surface area contributed by atoms with Gasteiger partial charge in [-0.3, -0.25) is 0 Å². The smallest absolute Gasteiger partial charge is 0.341 e. The van der Waals surface area contributed by atoms with E-state index in [0.29, 0.717) is 33.3 Å². The normalized spacial score (nSPS) is 10.3. The second-order valence-corrected chi connectivity index (χ2v) is 8.03. The summed E-state index contributed by atoms with van der Waals surface area (Å²) < 4.78 is 9.94. The molecule has 0 spiro atoms. The minimum absolute atomic E-state index is 0.283. The minimum atomic E-state index is -0.434. The van der Waals surface area contributed by atoms with Gasteiger partial charge in [-0.05, 0) is 49.0 Å². The molecule has 0 fully saturated rings. The lowest BCUT2D eigenvalue weighted by Crippen LogP contribution is -2.20. The third-order valence-corrected chi connectivity index (χ3v) is 5.52. The third kappa shape index (κ3) is 6.13. The van der Waals surface area contributed by atoms with E-state index >= 15 is 0 Å². The summed E-state index contributed by atoms with van der Waals surface area (Å²) in [6.45, 7) is 2.05. The molecular formula is C23H22N2O4S2. The number of thiophene rings is 1. The molecule has 1 aromatic heterocycles. The van der Waals surface area contributed by atoms with Gasteiger partial charge in [0.15, 0.2) is 5.11 Å². The quantitative estimate of drug-likeness (QED) is 0.379. The molecule has 31 heavy (non-hydrogen) atoms. The molecule has 0 saturated heterocycles. The van der Waals surface area contributed by atoms with E-state index in [1.165, 1.54) is 18.4 Å². The first-order valence-electron chi connectivity index (χ1n) is 9.60. The summed E-state index contributed by atoms with van der Waals surface area (Å²) in [4.78, 5) is 25.2. The number of carbonyl (C=O) groups excluding carboxylic acids is 2. The highest BCUT2D eigenvalue weighted by atomic mass is 32.1. The fourth-order valence-electron chi connectivity index (χ4n) is 2.89. The SMILES string of the molecule is CCOC(=O)c1cc(Cc2ccccc2)sc1NC(=S)Nc1cccc(C(=O)OC)c1. The van der Waals surface area contributed by atoms with E-state index in [-0.39, 0.29) is 6.61 Å². The Morgan fingerprint density at radius 3 is 2.48 bits per heavy atom. The monoisotopic (exact) mass is 454 g/mol. The molecule has 0 atom stereocenters. The van der Waals surface area contributed by atoms with E-state index in [0.717, 1.165) is 10.4 Å². The molecule has 0 aliphatic carbocycles. The van der Waals surface area contributed by atoms with Gasteiger partial charge < -0.3 is 20.1 Å². The molecule has 0 bridgehead atoms. The Bertz CT molecular complexity index is 1080. The summed E-state index contributed by atoms with van der Waals surface area (Å²) in [5, 5.41) is 7.02. The Hall–Kier alpha value is -3.23. The summed E-state index contributed by atoms with van der Waals surface area (Å²) >= 11 is 6.87. The van der Waals surface area contributed by atoms with E-state index < -0.39 is 11.9 Å². The van der Waals surface area contributed by atoms with E-state index in [1.807, 2.05) is 36.4 Å². The summed E-state index contributed by atoms with van der Waals surface area (Å²) in [5.74, 6) is -0.841. The maximum absolute atomic E-state index is 12.5. The van der Waals surface area contributed by atoms with E-state index in [1.54, 1.807) is 31.2 Å². The molecule has 160 valence electrons. The van der Waals surface area contributed by atoms with Gasteiger partial charge in [-0.15, -0.1) is 11.3 Å². The van der Waals surface area contributed by atoms with Crippen molar-refractivity contribution in [1.29, 1.82) is 0 Å². The van der Waals surface area contributed by atoms with Gasteiger partial charge in [-0.2, -0.15) is 0 Å². The predicted octanol–water partition coefficient (Wildman–Crippen LogP) is 5.11. The van der Waals surface area contributed by atoms with Crippen LogP contribution in [0.25, 0.3) is 0 Å². The maximum atomic E-state index is 12.5. The summed E-state index contributed by atoms with van der Waals surface area (Å²) in [5.41, 5.74) is 2.61. The Morgan fingerprint density at radius 1 is 1.00 bits per heavy atom. The molecule has 6 nitrogen and oxygen atoms in total. The first-order valence-corrected chi connectivity index (χ1v) is 10.8. The van der Waals surface area contributed by atoms with Gasteiger partial charge in [0, 0.05) is 17.0 Å². The molecule has 2 N–H and O–H groups in total. The number of esters is 2. The first-order chi connectivity index (χ1) is 15.0. The van der Waals surface area contributed by atoms with Crippen LogP contribution >= 0.6 is 23.6 Å². The number of thiocarbonyl (C=S) groups is 1. The average molecular weight is 455 g/mol. The lowest BCUT2D eigenvalue weighted by molar-refractivity contribution is 0.0527. The van der Waals surface area contributed by atoms with E-state index in [2.05, 4.69) is 10.6 Å². The molecule has 0 aliphatic rings. The van der Waals surface area contributed by atoms with E-state index in [9.17, 15) is 9.59 Å². The van der Waals surface area contributed by atoms with Gasteiger partial charge in [0.25, 0.3) is 0 Å². The highest BCUT2D eigenvalue weighted by Gasteiger charge is 2.18. The van der Waals surface area contributed by atoms with Gasteiger partial charge in [0.1, 0.15) is 5.00 Å². The van der Waals surface area contributed by atoms with Crippen LogP contribution in [-0.4, -0.2) is 30.8 Å². The molecule has 1 heterocycles. The maximum Gasteiger partial charge on any atom is 0.341 e. The van der Waals surface area contributed by atoms with Gasteiger partial charge >= 0.3 is 11.9 Å². The van der Waals surface area contributed by atoms with Crippen molar-refractivity contribution in [3.63, 3.8) is 0 Å². The summed E-state index contributed by atoms with van der Waals surface area (Å²) in [6, 6.07) is 18.6. The van der Waals surface area contributed by atoms with Crippen molar-refractivity contribution in [2.75, 3.05) is 24.4 Å². The standard InChI is InChI=1S/C23H22N2O4S2/c1-3-29-22(27)19-14-18(12-15-8-5-4-6-9-15)31-20(19)25-23(30)24-17-11-7-10-16(13-17)21(26)28-2/h4-11,13-14H,3,12H2,1-2H3,(H2,24,25,30). The van der Waals surface area contributed by atoms with Crippen LogP contribution in [0, 0.1) is 0 Å². The number of methoxy groups -OCH3 is 1. The Balaban J connectivity index is 1.78. The van der Waals surface area contributed by atoms with Crippen LogP contribution in [0.15, 0.2) is 60.7 Å². The Morgan fingerprint density at radius 2 is 1.77 bits per heavy atom. The second kappa shape index (κ2) is 10.7. The van der Waals surface area contributed by atoms with Crippen molar-refractivity contribution in [3.8, 4) is 0 Å². The van der Waals surface area contributed by atoms with Crippen LogP contribution in [0.4, 0.5) is 10.7 Å². The van der Waals surface area contributed by atoms with Crippen molar-refractivity contribution in [1.82, 2.24) is 0 Å². The lowest BCUT2D eigenvalue weighted by atomic mass is 10.1. The highest BCUT2D eigenvalue weighted by Crippen LogP contribution is 2.31. The zero-order valence-corrected chi connectivity index (χ0v) is 18.8. The lowest BCUT2D eigenvalue weighted by Gasteiger charge is -2.11. The zero-order chi connectivity index (χ0) is 22.2. The number of rotatable bonds is 7. The van der Waals surface area contributed by atoms with Gasteiger partial charge in [0.05, 0.1) is 24.8 Å². The predicted molar refractivity (Wildman–Crippen MR) is 127 cm³/mol. The topological polar surface area (TPSA) is 76.7 Å². The number of anilines is 2. The van der Waals surface area contributed by atoms with Crippen molar-refractivity contribution < 1.29 is 19.1 Å². The fraction of sp³-hybridized carbons (Fsp3) is 0.174. The zero-order valence-electron chi connectivity index (χ0n) is 17.1. The molecule has 3 aromatic rings. The number of hydrogen-bond donors (Lipinski definition) is 2. The van der Waals surface area contributed by atoms with Gasteiger partial charge in [-0.25, -0.2) is 9.59 Å². The molecule has 0 saturated carbocycles. The number of ether oxygens (including phenoxy) is 2. The molecule has 0 aliphatic heterocycles. The molecular weight excluding hydrogens is 432 g/mol. The largest absolute Gasteiger partial charge is 0.465 e. The average Bonchev–Trinajstić information content (AvgIpc) is 3.16. The molecule has 0 unspecified atom stereocenters. The molecule has 2 aromatic carbocycles. The first kappa shape index (κ1) is 22.5. The highest BCUT2D eigenvalue weighted by molar-refractivity contribution is 7.80. The Kier molecular flexibility index (Phi) is 7.75. The molecule has 0 radical (unpaired) electrons. The number of hydrogen-bond acceptors (Lipinski definition) is 6. The van der Waals surface area contributed by atoms with Gasteiger partial charge in [-0.1, -0.05) is 36.4 Å².